The molecule has 0 spiro atoms. The zero-order chi connectivity index (χ0) is 71.3. The highest BCUT2D eigenvalue weighted by Gasteiger charge is 2.67. The van der Waals surface area contributed by atoms with Crippen molar-refractivity contribution >= 4 is 75.0 Å². The van der Waals surface area contributed by atoms with Gasteiger partial charge in [0.05, 0.1) is 63.5 Å². The lowest BCUT2D eigenvalue weighted by atomic mass is 9.77. The van der Waals surface area contributed by atoms with Crippen molar-refractivity contribution in [3.05, 3.63) is 127 Å². The molecule has 1 N–H and O–H groups in total. The van der Waals surface area contributed by atoms with E-state index in [9.17, 15) is 40.1 Å². The molecule has 3 atom stereocenters. The van der Waals surface area contributed by atoms with E-state index in [0.29, 0.717) is 33.8 Å². The minimum absolute atomic E-state index is 0.0806. The quantitative estimate of drug-likeness (QED) is 0.0355. The van der Waals surface area contributed by atoms with E-state index in [1.165, 1.54) is 45.2 Å². The summed E-state index contributed by atoms with van der Waals surface area (Å²) in [4.78, 5) is 68.4. The number of anilines is 1. The van der Waals surface area contributed by atoms with Crippen molar-refractivity contribution in [3.8, 4) is 17.3 Å². The van der Waals surface area contributed by atoms with Crippen LogP contribution in [0, 0.1) is 24.5 Å². The van der Waals surface area contributed by atoms with Gasteiger partial charge in [-0.3, -0.25) is 42.2 Å². The second-order valence-corrected chi connectivity index (χ2v) is 31.5. The topological polar surface area (TPSA) is 247 Å². The molecule has 4 aromatic heterocycles. The Labute approximate surface area is 552 Å². The van der Waals surface area contributed by atoms with Crippen LogP contribution >= 0.6 is 19.4 Å². The predicted octanol–water partition coefficient (Wildman–Crippen LogP) is 13.4. The normalized spacial score (nSPS) is 16.2. The molecule has 21 nitrogen and oxygen atoms in total. The number of hydrogen-bond acceptors (Lipinski definition) is 16. The molecule has 0 saturated heterocycles. The Morgan fingerprint density at radius 1 is 0.885 bits per heavy atom. The van der Waals surface area contributed by atoms with E-state index in [0.717, 1.165) is 27.4 Å². The molecule has 2 aliphatic rings. The third kappa shape index (κ3) is 16.0. The number of phosphoric acid groups is 1. The molecule has 9 rings (SSSR count). The number of aromatic nitrogens is 7. The number of phosphoric ester groups is 1. The minimum atomic E-state index is -4.84. The van der Waals surface area contributed by atoms with E-state index in [4.69, 9.17) is 34.6 Å². The molecule has 520 valence electrons. The standard InChI is InChI=1S/C64H73ClF8N9O12PS/c1-32-22-34(27-47(85)91-59(2,3)4)50(43(23-32)92-95(87,93-60(5,6)7)94-61(8,9)10)62(11,12)30-46(84)82(96(15,88)89)57-49-40(65)17-18-42(52(49)79(14)78-57)81-56(76-55-37(58(81)86)16-19-45(75-55)90-21-20-63(13,70)71)41(26-33-24-35(66)28-36(67)25-33)74-44(83)31-80-53-48(51(77-80)54(68)69)38-29-39(38)64(53,72)73/h16-19,22-25,28,38-39,41,54H,20-21,26-27,29-31H2,1-15H3,(H,74,83)/t38-,39+,41-/m0/s1. The van der Waals surface area contributed by atoms with Gasteiger partial charge in [0.25, 0.3) is 17.9 Å². The maximum absolute atomic E-state index is 15.9. The molecule has 32 heteroatoms. The van der Waals surface area contributed by atoms with Gasteiger partial charge in [-0.05, 0) is 142 Å². The molecule has 96 heavy (non-hydrogen) atoms. The minimum Gasteiger partial charge on any atom is -0.477 e. The lowest BCUT2D eigenvalue weighted by molar-refractivity contribution is -0.154. The fourth-order valence-electron chi connectivity index (χ4n) is 11.9. The predicted molar refractivity (Wildman–Crippen MR) is 339 cm³/mol. The Morgan fingerprint density at radius 2 is 1.52 bits per heavy atom. The number of pyridine rings is 1. The van der Waals surface area contributed by atoms with Gasteiger partial charge in [-0.2, -0.15) is 28.3 Å². The molecule has 0 radical (unpaired) electrons. The van der Waals surface area contributed by atoms with Gasteiger partial charge in [0, 0.05) is 60.9 Å². The Morgan fingerprint density at radius 3 is 2.10 bits per heavy atom. The number of esters is 1. The molecule has 0 unspecified atom stereocenters. The van der Waals surface area contributed by atoms with E-state index in [2.05, 4.69) is 25.5 Å². The van der Waals surface area contributed by atoms with Crippen molar-refractivity contribution in [2.45, 2.75) is 181 Å². The summed E-state index contributed by atoms with van der Waals surface area (Å²) in [6.07, 6.45) is -5.42. The fraction of sp³-hybridized carbons (Fsp3) is 0.500. The Bertz CT molecular complexity index is 4460. The van der Waals surface area contributed by atoms with Crippen LogP contribution in [0.2, 0.25) is 5.02 Å². The summed E-state index contributed by atoms with van der Waals surface area (Å²) < 4.78 is 195. The van der Waals surface area contributed by atoms with E-state index in [1.807, 2.05) is 0 Å². The van der Waals surface area contributed by atoms with E-state index in [-0.39, 0.29) is 61.7 Å². The number of hydrogen-bond donors (Lipinski definition) is 1. The highest BCUT2D eigenvalue weighted by Crippen LogP contribution is 2.68. The summed E-state index contributed by atoms with van der Waals surface area (Å²) in [5.74, 6) is -16.2. The van der Waals surface area contributed by atoms with Gasteiger partial charge in [0.1, 0.15) is 46.7 Å². The summed E-state index contributed by atoms with van der Waals surface area (Å²) >= 11 is 7.06. The summed E-state index contributed by atoms with van der Waals surface area (Å²) in [5.41, 5.74) is -8.63. The zero-order valence-electron chi connectivity index (χ0n) is 55.2. The van der Waals surface area contributed by atoms with E-state index >= 15 is 27.2 Å². The third-order valence-electron chi connectivity index (χ3n) is 15.2. The van der Waals surface area contributed by atoms with Crippen molar-refractivity contribution in [2.75, 3.05) is 17.2 Å². The number of nitrogens with zero attached hydrogens (tertiary/aromatic N) is 8. The number of nitrogens with one attached hydrogen (secondary N) is 1. The monoisotopic (exact) mass is 1410 g/mol. The number of aryl methyl sites for hydroxylation is 2. The highest BCUT2D eigenvalue weighted by atomic mass is 35.5. The first kappa shape index (κ1) is 72.7. The van der Waals surface area contributed by atoms with Gasteiger partial charge in [0.15, 0.2) is 11.5 Å². The highest BCUT2D eigenvalue weighted by molar-refractivity contribution is 7.92. The van der Waals surface area contributed by atoms with Crippen molar-refractivity contribution in [3.63, 3.8) is 0 Å². The van der Waals surface area contributed by atoms with Crippen LogP contribution in [0.3, 0.4) is 0 Å². The third-order valence-corrected chi connectivity index (χ3v) is 18.5. The van der Waals surface area contributed by atoms with Crippen molar-refractivity contribution in [1.29, 1.82) is 0 Å². The average Bonchev–Trinajstić information content (AvgIpc) is 1.52. The van der Waals surface area contributed by atoms with Gasteiger partial charge in [0.2, 0.25) is 33.6 Å². The molecule has 2 amide bonds. The second kappa shape index (κ2) is 25.7. The second-order valence-electron chi connectivity index (χ2n) is 27.8. The van der Waals surface area contributed by atoms with Crippen LogP contribution in [0.15, 0.2) is 59.4 Å². The molecule has 0 bridgehead atoms. The van der Waals surface area contributed by atoms with Crippen LogP contribution in [-0.2, 0) is 80.5 Å². The molecular weight excluding hydrogens is 1340 g/mol. The van der Waals surface area contributed by atoms with Crippen molar-refractivity contribution in [2.24, 2.45) is 13.0 Å². The summed E-state index contributed by atoms with van der Waals surface area (Å²) in [5, 5.41) is 9.91. The first-order valence-electron chi connectivity index (χ1n) is 30.2. The number of amides is 2. The summed E-state index contributed by atoms with van der Waals surface area (Å²) in [7, 11) is -8.22. The number of benzene rings is 3. The van der Waals surface area contributed by atoms with Crippen LogP contribution in [-0.4, -0.2) is 95.9 Å². The molecule has 2 aliphatic carbocycles. The van der Waals surface area contributed by atoms with Crippen LogP contribution < -0.4 is 24.4 Å². The summed E-state index contributed by atoms with van der Waals surface area (Å²) in [6.45, 7) is 18.3. The smallest absolute Gasteiger partial charge is 0.477 e. The SMILES string of the molecule is Cc1cc(CC(=O)OC(C)(C)C)c(C(C)(C)CC(=O)N(c2nn(C)c3c(-n4c([C@H](Cc5cc(F)cc(F)c5)NC(=O)Cn5nc(C(F)F)c6c5C(F)(F)[C@@H]5C[C@H]65)nc5nc(OCCC(C)(F)F)ccc5c4=O)ccc(Cl)c23)S(C)(=O)=O)c(OP(=O)(OC(C)(C)C)OC(C)(C)C)c1. The lowest BCUT2D eigenvalue weighted by Crippen LogP contribution is -2.40. The van der Waals surface area contributed by atoms with Crippen LogP contribution in [0.5, 0.6) is 11.6 Å². The number of halogens is 9. The molecule has 3 aromatic carbocycles. The Kier molecular flexibility index (Phi) is 19.5. The maximum Gasteiger partial charge on any atom is 0.531 e. The van der Waals surface area contributed by atoms with Crippen LogP contribution in [0.4, 0.5) is 40.9 Å². The number of sulfonamides is 1. The summed E-state index contributed by atoms with van der Waals surface area (Å²) in [6, 6.07) is 8.29. The van der Waals surface area contributed by atoms with Gasteiger partial charge in [-0.25, -0.2) is 44.3 Å². The average molecular weight is 1410 g/mol. The number of carbonyl (C=O) groups is 3. The van der Waals surface area contributed by atoms with Gasteiger partial charge < -0.3 is 19.3 Å². The number of fused-ring (bicyclic) bond motifs is 5. The van der Waals surface area contributed by atoms with Gasteiger partial charge >= 0.3 is 13.8 Å². The van der Waals surface area contributed by atoms with Crippen LogP contribution in [0.1, 0.15) is 166 Å². The largest absolute Gasteiger partial charge is 0.531 e. The number of ether oxygens (including phenoxy) is 2. The zero-order valence-corrected chi connectivity index (χ0v) is 57.7. The molecule has 1 saturated carbocycles. The van der Waals surface area contributed by atoms with Gasteiger partial charge in [-0.15, -0.1) is 0 Å². The van der Waals surface area contributed by atoms with Crippen LogP contribution in [0.25, 0.3) is 27.6 Å². The first-order valence-corrected chi connectivity index (χ1v) is 33.9. The van der Waals surface area contributed by atoms with Gasteiger partial charge in [-0.1, -0.05) is 31.5 Å². The van der Waals surface area contributed by atoms with E-state index in [1.54, 1.807) is 75.3 Å². The lowest BCUT2D eigenvalue weighted by Gasteiger charge is -2.34. The number of alkyl halides is 6. The molecular formula is C64H73ClF8N9O12PS. The van der Waals surface area contributed by atoms with E-state index < -0.39 is 184 Å². The molecule has 1 fully saturated rings. The number of rotatable bonds is 23. The molecule has 0 aliphatic heterocycles. The molecule has 7 aromatic rings. The maximum atomic E-state index is 15.9. The fourth-order valence-corrected chi connectivity index (χ4v) is 14.9. The Hall–Kier alpha value is -7.53. The van der Waals surface area contributed by atoms with Crippen molar-refractivity contribution < 1.29 is 85.5 Å². The number of carbonyl (C=O) groups excluding carboxylic acids is 3. The first-order chi connectivity index (χ1) is 44.0. The Balaban J connectivity index is 1.22. The van der Waals surface area contributed by atoms with Crippen molar-refractivity contribution in [1.82, 2.24) is 39.4 Å². The molecule has 4 heterocycles.